The molecule has 0 aromatic carbocycles. The number of aliphatic carboxylic acids is 1. The molecule has 0 spiro atoms. The van der Waals surface area contributed by atoms with E-state index in [0.29, 0.717) is 45.6 Å². The van der Waals surface area contributed by atoms with Crippen molar-refractivity contribution in [3.63, 3.8) is 0 Å². The summed E-state index contributed by atoms with van der Waals surface area (Å²) in [7, 11) is 0. The van der Waals surface area contributed by atoms with Gasteiger partial charge < -0.3 is 91.1 Å². The number of nitrogens with two attached hydrogens (primary N) is 1. The van der Waals surface area contributed by atoms with Gasteiger partial charge in [0.2, 0.25) is 5.91 Å². The number of ether oxygens (including phenoxy) is 5. The molecule has 0 aliphatic carbocycles. The fourth-order valence-electron chi connectivity index (χ4n) is 8.86. The Balaban J connectivity index is 0.000000518. The fraction of sp³-hybridized carbons (Fsp3) is 0.822. The minimum Gasteiger partial charge on any atom is -0.483 e. The fourth-order valence-corrected chi connectivity index (χ4v) is 8.86. The lowest BCUT2D eigenvalue weighted by Gasteiger charge is -2.44. The van der Waals surface area contributed by atoms with E-state index in [-0.39, 0.29) is 54.9 Å². The summed E-state index contributed by atoms with van der Waals surface area (Å²) in [5.41, 5.74) is 5.03. The van der Waals surface area contributed by atoms with Crippen LogP contribution in [0.15, 0.2) is 24.3 Å². The van der Waals surface area contributed by atoms with Crippen LogP contribution in [0.5, 0.6) is 0 Å². The second-order valence-electron chi connectivity index (χ2n) is 18.7. The van der Waals surface area contributed by atoms with Crippen molar-refractivity contribution in [2.24, 2.45) is 17.6 Å². The van der Waals surface area contributed by atoms with Crippen LogP contribution in [0.4, 0.5) is 8.68 Å². The van der Waals surface area contributed by atoms with E-state index >= 15 is 0 Å². The van der Waals surface area contributed by atoms with Crippen LogP contribution in [0, 0.1) is 11.8 Å². The van der Waals surface area contributed by atoms with Gasteiger partial charge in [-0.15, -0.1) is 12.4 Å². The van der Waals surface area contributed by atoms with E-state index < -0.39 is 121 Å². The van der Waals surface area contributed by atoms with Gasteiger partial charge in [-0.2, -0.15) is 3.89 Å². The SMILES string of the molecule is CC(C)(C)OC(=O)N1C[C@@H]2CC=CCO[C@H]2[C@H]1C(=O)O.CCC1O[C@H]([C@H](N)[C@@H](C)O)C(O)[C@@H](O)[C@H]1O.CCC1O[C@H]([C@H](NC(=O)[C@H]2NC[C@@H]3CC=CCO[C@H]32)[C@@H](C)O)C(O)[C@@H](O)[C@H]1O.CSF.Cl.O=CO. The van der Waals surface area contributed by atoms with Gasteiger partial charge in [0.05, 0.1) is 61.9 Å². The lowest BCUT2D eigenvalue weighted by Crippen LogP contribution is -2.66. The third-order valence-electron chi connectivity index (χ3n) is 12.5. The Morgan fingerprint density at radius 3 is 1.76 bits per heavy atom. The third-order valence-corrected chi connectivity index (χ3v) is 12.5. The van der Waals surface area contributed by atoms with Gasteiger partial charge in [0, 0.05) is 43.3 Å². The second-order valence-corrected chi connectivity index (χ2v) is 19.0. The van der Waals surface area contributed by atoms with Crippen LogP contribution in [0.1, 0.15) is 74.1 Å². The maximum absolute atomic E-state index is 12.9. The number of allylic oxidation sites excluding steroid dienone is 2. The van der Waals surface area contributed by atoms with Gasteiger partial charge in [-0.25, -0.2) is 9.59 Å². The summed E-state index contributed by atoms with van der Waals surface area (Å²) >= 11 is 0.250. The van der Waals surface area contributed by atoms with Crippen molar-refractivity contribution in [1.82, 2.24) is 15.5 Å². The predicted molar refractivity (Wildman–Crippen MR) is 258 cm³/mol. The summed E-state index contributed by atoms with van der Waals surface area (Å²) in [6, 6.07) is -3.31. The Hall–Kier alpha value is -2.83. The maximum atomic E-state index is 12.9. The molecule has 23 nitrogen and oxygen atoms in total. The van der Waals surface area contributed by atoms with Crippen LogP contribution < -0.4 is 16.4 Å². The first-order valence-corrected chi connectivity index (χ1v) is 24.5. The zero-order chi connectivity index (χ0) is 53.2. The highest BCUT2D eigenvalue weighted by Gasteiger charge is 2.51. The molecule has 0 aromatic rings. The summed E-state index contributed by atoms with van der Waals surface area (Å²) in [5.74, 6) is -1.21. The molecule has 0 saturated carbocycles. The Labute approximate surface area is 424 Å². The summed E-state index contributed by atoms with van der Waals surface area (Å²) in [4.78, 5) is 46.3. The quantitative estimate of drug-likeness (QED) is 0.0974. The highest BCUT2D eigenvalue weighted by Crippen LogP contribution is 2.33. The van der Waals surface area contributed by atoms with Crippen molar-refractivity contribution in [3.8, 4) is 0 Å². The van der Waals surface area contributed by atoms with E-state index in [1.54, 1.807) is 34.6 Å². The summed E-state index contributed by atoms with van der Waals surface area (Å²) in [6.45, 7) is 13.4. The Bertz CT molecular complexity index is 1650. The number of rotatable bonds is 9. The molecular weight excluding hydrogens is 987 g/mol. The molecule has 6 aliphatic heterocycles. The molecule has 20 atom stereocenters. The molecule has 0 aromatic heterocycles. The Morgan fingerprint density at radius 2 is 1.31 bits per heavy atom. The van der Waals surface area contributed by atoms with E-state index in [2.05, 4.69) is 16.7 Å². The van der Waals surface area contributed by atoms with Crippen LogP contribution in [-0.4, -0.2) is 228 Å². The van der Waals surface area contributed by atoms with Crippen molar-refractivity contribution in [1.29, 1.82) is 0 Å². The third kappa shape index (κ3) is 18.8. The minimum atomic E-state index is -1.44. The van der Waals surface area contributed by atoms with Gasteiger partial charge in [0.25, 0.3) is 6.47 Å². The average Bonchev–Trinajstić information content (AvgIpc) is 3.68. The molecule has 0 radical (unpaired) electrons. The number of carboxylic acid groups (broad SMARTS) is 2. The molecular formula is C45H80ClFN4O19S. The highest BCUT2D eigenvalue weighted by molar-refractivity contribution is 7.93. The summed E-state index contributed by atoms with van der Waals surface area (Å²) in [5, 5.41) is 101. The number of halogens is 2. The number of amides is 2. The molecule has 4 unspecified atom stereocenters. The first-order chi connectivity index (χ1) is 32.9. The first kappa shape index (κ1) is 66.2. The zero-order valence-corrected chi connectivity index (χ0v) is 43.1. The number of aliphatic hydroxyl groups is 8. The van der Waals surface area contributed by atoms with E-state index in [1.807, 2.05) is 18.2 Å². The van der Waals surface area contributed by atoms with Crippen LogP contribution >= 0.6 is 24.6 Å². The highest BCUT2D eigenvalue weighted by atomic mass is 35.5. The van der Waals surface area contributed by atoms with Crippen molar-refractivity contribution in [2.45, 2.75) is 189 Å². The topological polar surface area (TPSA) is 370 Å². The van der Waals surface area contributed by atoms with Gasteiger partial charge in [0.15, 0.2) is 6.04 Å². The number of aliphatic hydroxyl groups excluding tert-OH is 8. The number of carbonyl (C=O) groups is 4. The minimum absolute atomic E-state index is 0. The van der Waals surface area contributed by atoms with E-state index in [4.69, 9.17) is 39.3 Å². The molecule has 6 heterocycles. The number of fused-ring (bicyclic) bond motifs is 2. The molecule has 2 amide bonds. The Morgan fingerprint density at radius 1 is 0.845 bits per heavy atom. The predicted octanol–water partition coefficient (Wildman–Crippen LogP) is -0.992. The Kier molecular flexibility index (Phi) is 29.6. The van der Waals surface area contributed by atoms with Crippen molar-refractivity contribution < 1.29 is 97.8 Å². The first-order valence-electron chi connectivity index (χ1n) is 23.4. The second kappa shape index (κ2) is 31.8. The number of hydrogen-bond acceptors (Lipinski definition) is 20. The van der Waals surface area contributed by atoms with Gasteiger partial charge in [0.1, 0.15) is 60.5 Å². The molecule has 0 bridgehead atoms. The smallest absolute Gasteiger partial charge is 0.411 e. The average molecular weight is 1070 g/mol. The molecule has 4 saturated heterocycles. The molecule has 14 N–H and O–H groups in total. The molecule has 26 heteroatoms. The van der Waals surface area contributed by atoms with Crippen LogP contribution in [0.3, 0.4) is 0 Å². The molecule has 6 aliphatic rings. The number of nitrogens with zero attached hydrogens (tertiary/aromatic N) is 1. The lowest BCUT2D eigenvalue weighted by molar-refractivity contribution is -0.234. The molecule has 6 rings (SSSR count). The number of likely N-dealkylation sites (tertiary alicyclic amines) is 1. The van der Waals surface area contributed by atoms with Crippen LogP contribution in [0.25, 0.3) is 0 Å². The van der Waals surface area contributed by atoms with Crippen molar-refractivity contribution in [3.05, 3.63) is 24.3 Å². The van der Waals surface area contributed by atoms with E-state index in [9.17, 15) is 64.2 Å². The standard InChI is InChI=1S/C19H32N2O7.C14H21NO5.C10H21NO5.CH3FS.CH2O2.ClH/c1-3-11-14(23)15(24)16(25)18(28-11)12(9(2)22)21-19(26)13-17-10(8-20-13)6-4-5-7-27-17;1-14(2,3)20-13(18)15-8-9-6-4-5-7-19-11(9)10(15)12(16)17;1-3-5-7(13)8(14)9(15)10(16-5)6(11)4(2)12;1-3-2;2-1-3;/h4-5,9-18,20,22-25H,3,6-8H2,1-2H3,(H,21,26);4-5,9-11H,6-8H2,1-3H3,(H,16,17);4-10,12-15H,3,11H2,1-2H3;1H3;1H,(H,2,3);1H/t9-,10+,11?,12-,13+,14+,15+,16?,17-,18-;9-,10-,11+;4-,5?,6-,7+,8+,9?,10-;;;/m101.../s1. The molecule has 71 heavy (non-hydrogen) atoms. The molecule has 4 fully saturated rings. The lowest BCUT2D eigenvalue weighted by atomic mass is 9.88. The van der Waals surface area contributed by atoms with Crippen LogP contribution in [0.2, 0.25) is 0 Å². The van der Waals surface area contributed by atoms with Gasteiger partial charge >= 0.3 is 12.1 Å². The number of carbonyl (C=O) groups excluding carboxylic acids is 2. The van der Waals surface area contributed by atoms with E-state index in [1.165, 1.54) is 25.0 Å². The summed E-state index contributed by atoms with van der Waals surface area (Å²) in [6.07, 6.45) is -2.60. The van der Waals surface area contributed by atoms with Gasteiger partial charge in [-0.05, 0) is 60.3 Å². The normalized spacial score (nSPS) is 35.7. The zero-order valence-electron chi connectivity index (χ0n) is 41.5. The number of carboxylic acids is 1. The van der Waals surface area contributed by atoms with Gasteiger partial charge in [-0.1, -0.05) is 38.2 Å². The number of hydrogen-bond donors (Lipinski definition) is 13. The van der Waals surface area contributed by atoms with Gasteiger partial charge in [-0.3, -0.25) is 14.5 Å². The molecule has 414 valence electrons. The largest absolute Gasteiger partial charge is 0.483 e. The van der Waals surface area contributed by atoms with E-state index in [0.717, 1.165) is 6.42 Å². The maximum Gasteiger partial charge on any atom is 0.411 e. The summed E-state index contributed by atoms with van der Waals surface area (Å²) < 4.78 is 38.1. The van der Waals surface area contributed by atoms with Crippen LogP contribution in [-0.2, 0) is 38.1 Å². The van der Waals surface area contributed by atoms with Crippen molar-refractivity contribution >= 4 is 49.0 Å². The number of nitrogens with one attached hydrogen (secondary N) is 2. The monoisotopic (exact) mass is 1070 g/mol. The van der Waals surface area contributed by atoms with Crippen molar-refractivity contribution in [2.75, 3.05) is 32.6 Å².